The molecule has 0 unspecified atom stereocenters. The van der Waals surface area contributed by atoms with E-state index >= 15 is 0 Å². The number of nitro groups is 1. The monoisotopic (exact) mass is 216 g/mol. The quantitative estimate of drug-likeness (QED) is 0.532. The molecule has 2 heterocycles. The lowest BCUT2D eigenvalue weighted by molar-refractivity contribution is -0.384. The number of nitrogens with zero attached hydrogens (tertiary/aromatic N) is 6. The van der Waals surface area contributed by atoms with Gasteiger partial charge in [-0.2, -0.15) is 9.94 Å². The van der Waals surface area contributed by atoms with Crippen LogP contribution in [-0.2, 0) is 0 Å². The molecule has 0 radical (unpaired) electrons. The van der Waals surface area contributed by atoms with E-state index in [1.165, 1.54) is 24.7 Å². The Morgan fingerprint density at radius 1 is 1.50 bits per heavy atom. The highest BCUT2D eigenvalue weighted by Gasteiger charge is 2.17. The number of aromatic nitrogens is 4. The Bertz CT molecular complexity index is 584. The van der Waals surface area contributed by atoms with Crippen LogP contribution in [0.4, 0.5) is 5.69 Å². The Morgan fingerprint density at radius 3 is 2.94 bits per heavy atom. The minimum absolute atomic E-state index is 0.0292. The smallest absolute Gasteiger partial charge is 0.258 e. The van der Waals surface area contributed by atoms with Crippen molar-refractivity contribution in [2.24, 2.45) is 0 Å². The fourth-order valence-electron chi connectivity index (χ4n) is 1.12. The summed E-state index contributed by atoms with van der Waals surface area (Å²) in [6.07, 6.45) is 2.60. The first-order chi connectivity index (χ1) is 7.72. The summed E-state index contributed by atoms with van der Waals surface area (Å²) in [7, 11) is 0. The highest BCUT2D eigenvalue weighted by molar-refractivity contribution is 5.45. The van der Waals surface area contributed by atoms with Crippen LogP contribution in [0, 0.1) is 21.4 Å². The molecule has 0 atom stereocenters. The molecule has 0 amide bonds. The molecule has 0 saturated heterocycles. The van der Waals surface area contributed by atoms with Crippen LogP contribution in [0.2, 0.25) is 0 Å². The van der Waals surface area contributed by atoms with Gasteiger partial charge in [0.25, 0.3) is 5.82 Å². The topological polar surface area (TPSA) is 111 Å². The molecule has 0 aliphatic heterocycles. The number of hydrogen-bond donors (Lipinski definition) is 0. The van der Waals surface area contributed by atoms with Crippen LogP contribution in [0.3, 0.4) is 0 Å². The Morgan fingerprint density at radius 2 is 2.31 bits per heavy atom. The Labute approximate surface area is 88.9 Å². The van der Waals surface area contributed by atoms with Crippen molar-refractivity contribution in [1.29, 1.82) is 5.26 Å². The first kappa shape index (κ1) is 9.72. The first-order valence-corrected chi connectivity index (χ1v) is 4.14. The second kappa shape index (κ2) is 3.74. The van der Waals surface area contributed by atoms with Gasteiger partial charge in [-0.3, -0.25) is 10.1 Å². The van der Waals surface area contributed by atoms with E-state index in [9.17, 15) is 10.1 Å². The van der Waals surface area contributed by atoms with Crippen molar-refractivity contribution in [2.75, 3.05) is 0 Å². The second-order valence-electron chi connectivity index (χ2n) is 2.73. The average Bonchev–Trinajstić information content (AvgIpc) is 2.77. The summed E-state index contributed by atoms with van der Waals surface area (Å²) in [5.74, 6) is -0.0403. The molecule has 0 N–H and O–H groups in total. The highest BCUT2D eigenvalue weighted by atomic mass is 16.6. The predicted molar refractivity (Wildman–Crippen MR) is 50.5 cm³/mol. The van der Waals surface area contributed by atoms with E-state index in [0.717, 1.165) is 4.68 Å². The highest BCUT2D eigenvalue weighted by Crippen LogP contribution is 2.18. The molecule has 0 bridgehead atoms. The molecule has 16 heavy (non-hydrogen) atoms. The average molecular weight is 216 g/mol. The van der Waals surface area contributed by atoms with Gasteiger partial charge in [-0.05, 0) is 6.07 Å². The van der Waals surface area contributed by atoms with Gasteiger partial charge in [0.2, 0.25) is 5.82 Å². The van der Waals surface area contributed by atoms with E-state index in [0.29, 0.717) is 0 Å². The fraction of sp³-hybridized carbons (Fsp3) is 0. The van der Waals surface area contributed by atoms with Gasteiger partial charge < -0.3 is 0 Å². The van der Waals surface area contributed by atoms with E-state index < -0.39 is 4.92 Å². The maximum atomic E-state index is 10.7. The number of nitriles is 1. The number of hydrogen-bond acceptors (Lipinski definition) is 6. The van der Waals surface area contributed by atoms with Crippen LogP contribution < -0.4 is 0 Å². The maximum Gasteiger partial charge on any atom is 0.313 e. The van der Waals surface area contributed by atoms with Gasteiger partial charge in [0, 0.05) is 12.3 Å². The van der Waals surface area contributed by atoms with Gasteiger partial charge in [0.15, 0.2) is 0 Å². The van der Waals surface area contributed by atoms with E-state index in [4.69, 9.17) is 5.26 Å². The van der Waals surface area contributed by atoms with Crippen molar-refractivity contribution in [3.63, 3.8) is 0 Å². The molecule has 78 valence electrons. The van der Waals surface area contributed by atoms with E-state index in [2.05, 4.69) is 15.1 Å². The number of rotatable bonds is 2. The van der Waals surface area contributed by atoms with Crippen LogP contribution in [0.15, 0.2) is 24.7 Å². The molecule has 2 aromatic heterocycles. The lowest BCUT2D eigenvalue weighted by Crippen LogP contribution is -2.03. The third-order valence-corrected chi connectivity index (χ3v) is 1.77. The molecule has 2 rings (SSSR count). The zero-order chi connectivity index (χ0) is 11.5. The van der Waals surface area contributed by atoms with Crippen LogP contribution in [0.1, 0.15) is 5.82 Å². The summed E-state index contributed by atoms with van der Waals surface area (Å²) in [5.41, 5.74) is -0.197. The summed E-state index contributed by atoms with van der Waals surface area (Å²) < 4.78 is 1.09. The third kappa shape index (κ3) is 1.57. The van der Waals surface area contributed by atoms with E-state index in [1.54, 1.807) is 6.07 Å². The van der Waals surface area contributed by atoms with Gasteiger partial charge in [0.1, 0.15) is 12.4 Å². The first-order valence-electron chi connectivity index (χ1n) is 4.14. The minimum Gasteiger partial charge on any atom is -0.258 e. The molecular formula is C8H4N6O2. The summed E-state index contributed by atoms with van der Waals surface area (Å²) in [6.45, 7) is 0. The standard InChI is InChI=1S/C8H4N6O2/c9-4-7-11-5-13(12-7)8-6(14(15)16)2-1-3-10-8/h1-3,5H. The predicted octanol–water partition coefficient (Wildman–Crippen LogP) is 0.442. The molecule has 0 aromatic carbocycles. The van der Waals surface area contributed by atoms with Gasteiger partial charge in [-0.15, -0.1) is 5.10 Å². The Kier molecular flexibility index (Phi) is 2.27. The fourth-order valence-corrected chi connectivity index (χ4v) is 1.12. The van der Waals surface area contributed by atoms with E-state index in [1.807, 2.05) is 0 Å². The molecular weight excluding hydrogens is 212 g/mol. The summed E-state index contributed by atoms with van der Waals surface area (Å²) in [6, 6.07) is 4.47. The van der Waals surface area contributed by atoms with Crippen molar-refractivity contribution >= 4 is 5.69 Å². The van der Waals surface area contributed by atoms with Crippen LogP contribution in [0.25, 0.3) is 5.82 Å². The second-order valence-corrected chi connectivity index (χ2v) is 2.73. The zero-order valence-corrected chi connectivity index (χ0v) is 7.81. The molecule has 2 aromatic rings. The van der Waals surface area contributed by atoms with Crippen molar-refractivity contribution in [1.82, 2.24) is 19.7 Å². The molecule has 0 aliphatic carbocycles. The molecule has 0 saturated carbocycles. The van der Waals surface area contributed by atoms with Crippen LogP contribution in [0.5, 0.6) is 0 Å². The van der Waals surface area contributed by atoms with Gasteiger partial charge in [-0.1, -0.05) is 0 Å². The summed E-state index contributed by atoms with van der Waals surface area (Å²) >= 11 is 0. The number of pyridine rings is 1. The lowest BCUT2D eigenvalue weighted by Gasteiger charge is -1.98. The zero-order valence-electron chi connectivity index (χ0n) is 7.81. The maximum absolute atomic E-state index is 10.7. The minimum atomic E-state index is -0.573. The summed E-state index contributed by atoms with van der Waals surface area (Å²) in [5, 5.41) is 23.0. The molecule has 0 aliphatic rings. The van der Waals surface area contributed by atoms with Crippen molar-refractivity contribution < 1.29 is 4.92 Å². The van der Waals surface area contributed by atoms with Crippen LogP contribution in [-0.4, -0.2) is 24.7 Å². The van der Waals surface area contributed by atoms with Crippen molar-refractivity contribution in [3.05, 3.63) is 40.6 Å². The Balaban J connectivity index is 2.56. The largest absolute Gasteiger partial charge is 0.313 e. The van der Waals surface area contributed by atoms with Crippen molar-refractivity contribution in [2.45, 2.75) is 0 Å². The lowest BCUT2D eigenvalue weighted by atomic mass is 10.4. The molecule has 0 spiro atoms. The molecule has 0 fully saturated rings. The van der Waals surface area contributed by atoms with Crippen molar-refractivity contribution in [3.8, 4) is 11.9 Å². The van der Waals surface area contributed by atoms with Gasteiger partial charge in [0.05, 0.1) is 4.92 Å². The molecule has 8 nitrogen and oxygen atoms in total. The molecule has 8 heteroatoms. The Hall–Kier alpha value is -2.82. The SMILES string of the molecule is N#Cc1ncn(-c2ncccc2[N+](=O)[O-])n1. The van der Waals surface area contributed by atoms with Gasteiger partial charge in [-0.25, -0.2) is 9.97 Å². The van der Waals surface area contributed by atoms with Gasteiger partial charge >= 0.3 is 5.69 Å². The van der Waals surface area contributed by atoms with E-state index in [-0.39, 0.29) is 17.3 Å². The van der Waals surface area contributed by atoms with Crippen LogP contribution >= 0.6 is 0 Å². The third-order valence-electron chi connectivity index (χ3n) is 1.77. The summed E-state index contributed by atoms with van der Waals surface area (Å²) in [4.78, 5) is 17.6. The normalized spacial score (nSPS) is 9.69.